The Kier molecular flexibility index (Phi) is 6.09. The molecule has 6 nitrogen and oxygen atoms in total. The number of sulfone groups is 1. The van der Waals surface area contributed by atoms with E-state index in [0.717, 1.165) is 6.07 Å². The van der Waals surface area contributed by atoms with E-state index in [9.17, 15) is 21.6 Å². The zero-order valence-electron chi connectivity index (χ0n) is 13.4. The molecule has 0 saturated heterocycles. The van der Waals surface area contributed by atoms with Crippen molar-refractivity contribution in [3.8, 4) is 5.75 Å². The molecule has 0 aliphatic rings. The molecule has 140 valence electrons. The highest BCUT2D eigenvalue weighted by Crippen LogP contribution is 2.29. The van der Waals surface area contributed by atoms with Crippen molar-refractivity contribution in [2.75, 3.05) is 17.6 Å². The number of halogens is 3. The first kappa shape index (κ1) is 19.6. The fourth-order valence-electron chi connectivity index (χ4n) is 1.99. The summed E-state index contributed by atoms with van der Waals surface area (Å²) in [6.45, 7) is -0.154. The molecular weight excluding hydrogens is 371 g/mol. The first-order valence-corrected chi connectivity index (χ1v) is 9.02. The average Bonchev–Trinajstić information content (AvgIpc) is 2.56. The van der Waals surface area contributed by atoms with Crippen LogP contribution in [0, 0.1) is 0 Å². The quantitative estimate of drug-likeness (QED) is 0.587. The van der Waals surface area contributed by atoms with Crippen LogP contribution in [0.4, 0.5) is 18.9 Å². The summed E-state index contributed by atoms with van der Waals surface area (Å²) < 4.78 is 65.2. The number of ether oxygens (including phenoxy) is 1. The van der Waals surface area contributed by atoms with Crippen molar-refractivity contribution in [1.29, 1.82) is 0 Å². The molecule has 0 heterocycles. The van der Waals surface area contributed by atoms with E-state index in [2.05, 4.69) is 15.0 Å². The lowest BCUT2D eigenvalue weighted by molar-refractivity contribution is -0.274. The molecule has 2 aromatic carbocycles. The van der Waals surface area contributed by atoms with Gasteiger partial charge < -0.3 is 15.8 Å². The average molecular weight is 387 g/mol. The Morgan fingerprint density at radius 1 is 1.08 bits per heavy atom. The number of rotatable bonds is 6. The molecule has 0 saturated carbocycles. The van der Waals surface area contributed by atoms with E-state index in [1.807, 2.05) is 0 Å². The predicted octanol–water partition coefficient (Wildman–Crippen LogP) is 2.79. The second-order valence-electron chi connectivity index (χ2n) is 5.07. The highest BCUT2D eigenvalue weighted by Gasteiger charge is 2.32. The summed E-state index contributed by atoms with van der Waals surface area (Å²) in [5.74, 6) is -0.998. The van der Waals surface area contributed by atoms with E-state index in [0.29, 0.717) is 0 Å². The summed E-state index contributed by atoms with van der Waals surface area (Å²) >= 11 is 0. The molecule has 0 aromatic heterocycles. The SMILES string of the molecule is NC(=NCCS(=O)(=O)c1ccccc1)Nc1ccccc1OC(F)(F)F. The first-order chi connectivity index (χ1) is 12.2. The van der Waals surface area contributed by atoms with Gasteiger partial charge in [-0.2, -0.15) is 0 Å². The number of guanidine groups is 1. The van der Waals surface area contributed by atoms with Crippen molar-refractivity contribution in [3.05, 3.63) is 54.6 Å². The second kappa shape index (κ2) is 8.09. The number of benzene rings is 2. The van der Waals surface area contributed by atoms with Crippen LogP contribution < -0.4 is 15.8 Å². The molecule has 3 N–H and O–H groups in total. The summed E-state index contributed by atoms with van der Waals surface area (Å²) in [5, 5.41) is 2.47. The standard InChI is InChI=1S/C16H16F3N3O3S/c17-16(18,19)25-14-9-5-4-8-13(14)22-15(20)21-10-11-26(23,24)12-6-2-1-3-7-12/h1-9H,10-11H2,(H3,20,21,22). The molecule has 0 atom stereocenters. The summed E-state index contributed by atoms with van der Waals surface area (Å²) in [4.78, 5) is 3.99. The maximum absolute atomic E-state index is 12.4. The van der Waals surface area contributed by atoms with Crippen LogP contribution in [0.3, 0.4) is 0 Å². The molecule has 0 radical (unpaired) electrons. The van der Waals surface area contributed by atoms with Gasteiger partial charge in [-0.25, -0.2) is 8.42 Å². The van der Waals surface area contributed by atoms with Crippen molar-refractivity contribution < 1.29 is 26.3 Å². The normalized spacial score (nSPS) is 12.7. The number of para-hydroxylation sites is 2. The highest BCUT2D eigenvalue weighted by atomic mass is 32.2. The van der Waals surface area contributed by atoms with Gasteiger partial charge in [0.25, 0.3) is 0 Å². The Hall–Kier alpha value is -2.75. The Morgan fingerprint density at radius 3 is 2.35 bits per heavy atom. The maximum Gasteiger partial charge on any atom is 0.573 e. The van der Waals surface area contributed by atoms with Gasteiger partial charge in [-0.1, -0.05) is 30.3 Å². The van der Waals surface area contributed by atoms with Crippen LogP contribution in [-0.2, 0) is 9.84 Å². The smallest absolute Gasteiger partial charge is 0.404 e. The molecule has 2 aromatic rings. The van der Waals surface area contributed by atoms with Crippen LogP contribution in [0.15, 0.2) is 64.5 Å². The van der Waals surface area contributed by atoms with Crippen LogP contribution in [0.2, 0.25) is 0 Å². The number of nitrogens with one attached hydrogen (secondary N) is 1. The second-order valence-corrected chi connectivity index (χ2v) is 7.18. The van der Waals surface area contributed by atoms with Gasteiger partial charge in [0.1, 0.15) is 0 Å². The lowest BCUT2D eigenvalue weighted by Gasteiger charge is -2.14. The highest BCUT2D eigenvalue weighted by molar-refractivity contribution is 7.91. The van der Waals surface area contributed by atoms with Gasteiger partial charge in [0.05, 0.1) is 22.9 Å². The van der Waals surface area contributed by atoms with Gasteiger partial charge in [0.15, 0.2) is 21.5 Å². The number of hydrogen-bond acceptors (Lipinski definition) is 4. The van der Waals surface area contributed by atoms with Crippen LogP contribution >= 0.6 is 0 Å². The van der Waals surface area contributed by atoms with Crippen LogP contribution in [-0.4, -0.2) is 33.0 Å². The van der Waals surface area contributed by atoms with E-state index in [-0.39, 0.29) is 28.8 Å². The molecule has 0 spiro atoms. The number of nitrogens with two attached hydrogens (primary N) is 1. The minimum atomic E-state index is -4.85. The molecule has 0 amide bonds. The summed E-state index contributed by atoms with van der Waals surface area (Å²) in [7, 11) is -3.52. The van der Waals surface area contributed by atoms with Crippen molar-refractivity contribution >= 4 is 21.5 Å². The Bertz CT molecular complexity index is 869. The van der Waals surface area contributed by atoms with E-state index >= 15 is 0 Å². The zero-order valence-corrected chi connectivity index (χ0v) is 14.2. The topological polar surface area (TPSA) is 93.8 Å². The van der Waals surface area contributed by atoms with Crippen molar-refractivity contribution in [2.45, 2.75) is 11.3 Å². The number of hydrogen-bond donors (Lipinski definition) is 2. The molecule has 0 aliphatic heterocycles. The minimum Gasteiger partial charge on any atom is -0.404 e. The van der Waals surface area contributed by atoms with E-state index in [1.165, 1.54) is 30.3 Å². The molecular formula is C16H16F3N3O3S. The van der Waals surface area contributed by atoms with Crippen LogP contribution in [0.25, 0.3) is 0 Å². The van der Waals surface area contributed by atoms with E-state index in [4.69, 9.17) is 5.73 Å². The first-order valence-electron chi connectivity index (χ1n) is 7.37. The largest absolute Gasteiger partial charge is 0.573 e. The monoisotopic (exact) mass is 387 g/mol. The van der Waals surface area contributed by atoms with Gasteiger partial charge in [0.2, 0.25) is 0 Å². The van der Waals surface area contributed by atoms with Crippen LogP contribution in [0.1, 0.15) is 0 Å². The summed E-state index contributed by atoms with van der Waals surface area (Å²) in [6, 6.07) is 13.1. The molecule has 0 fully saturated rings. The van der Waals surface area contributed by atoms with Gasteiger partial charge in [0, 0.05) is 0 Å². The third-order valence-electron chi connectivity index (χ3n) is 3.12. The predicted molar refractivity (Wildman–Crippen MR) is 91.7 cm³/mol. The van der Waals surface area contributed by atoms with Crippen LogP contribution in [0.5, 0.6) is 5.75 Å². The molecule has 26 heavy (non-hydrogen) atoms. The molecule has 2 rings (SSSR count). The van der Waals surface area contributed by atoms with E-state index < -0.39 is 21.9 Å². The zero-order chi connectivity index (χ0) is 19.2. The Balaban J connectivity index is 2.01. The third kappa shape index (κ3) is 5.96. The summed E-state index contributed by atoms with van der Waals surface area (Å²) in [6.07, 6.45) is -4.85. The molecule has 10 heteroatoms. The van der Waals surface area contributed by atoms with Gasteiger partial charge in [-0.3, -0.25) is 4.99 Å². The fourth-order valence-corrected chi connectivity index (χ4v) is 3.13. The van der Waals surface area contributed by atoms with Gasteiger partial charge in [-0.05, 0) is 24.3 Å². The maximum atomic E-state index is 12.4. The van der Waals surface area contributed by atoms with Gasteiger partial charge in [-0.15, -0.1) is 13.2 Å². The lowest BCUT2D eigenvalue weighted by Crippen LogP contribution is -2.25. The number of alkyl halides is 3. The summed E-state index contributed by atoms with van der Waals surface area (Å²) in [5.41, 5.74) is 5.57. The lowest BCUT2D eigenvalue weighted by atomic mass is 10.3. The third-order valence-corrected chi connectivity index (χ3v) is 4.83. The van der Waals surface area contributed by atoms with E-state index in [1.54, 1.807) is 18.2 Å². The number of aliphatic imine (C=N–C) groups is 1. The van der Waals surface area contributed by atoms with Crippen molar-refractivity contribution in [2.24, 2.45) is 10.7 Å². The molecule has 0 aliphatic carbocycles. The molecule has 0 unspecified atom stereocenters. The Morgan fingerprint density at radius 2 is 1.69 bits per heavy atom. The van der Waals surface area contributed by atoms with Crippen molar-refractivity contribution in [1.82, 2.24) is 0 Å². The number of nitrogens with zero attached hydrogens (tertiary/aromatic N) is 1. The van der Waals surface area contributed by atoms with Gasteiger partial charge >= 0.3 is 6.36 Å². The number of anilines is 1. The molecule has 0 bridgehead atoms. The Labute approximate surface area is 148 Å². The minimum absolute atomic E-state index is 0.0445. The fraction of sp³-hybridized carbons (Fsp3) is 0.188. The van der Waals surface area contributed by atoms with Crippen molar-refractivity contribution in [3.63, 3.8) is 0 Å².